The first-order valence-electron chi connectivity index (χ1n) is 10.9. The van der Waals surface area contributed by atoms with Crippen LogP contribution in [0.5, 0.6) is 0 Å². The van der Waals surface area contributed by atoms with Gasteiger partial charge in [0.15, 0.2) is 0 Å². The number of ether oxygens (including phenoxy) is 1. The molecule has 2 amide bonds. The van der Waals surface area contributed by atoms with Crippen molar-refractivity contribution in [1.29, 1.82) is 0 Å². The lowest BCUT2D eigenvalue weighted by molar-refractivity contribution is 0.0162. The topological polar surface area (TPSA) is 70.7 Å². The van der Waals surface area contributed by atoms with Crippen LogP contribution in [0.15, 0.2) is 78.9 Å². The maximum absolute atomic E-state index is 13.1. The third-order valence-corrected chi connectivity index (χ3v) is 5.62. The molecule has 6 nitrogen and oxygen atoms in total. The van der Waals surface area contributed by atoms with Gasteiger partial charge in [0.05, 0.1) is 19.3 Å². The Morgan fingerprint density at radius 3 is 2.33 bits per heavy atom. The van der Waals surface area contributed by atoms with Gasteiger partial charge in [-0.15, -0.1) is 0 Å². The lowest BCUT2D eigenvalue weighted by Crippen LogP contribution is -2.43. The summed E-state index contributed by atoms with van der Waals surface area (Å²) in [5.74, 6) is -0.998. The van der Waals surface area contributed by atoms with Gasteiger partial charge < -0.3 is 15.4 Å². The summed E-state index contributed by atoms with van der Waals surface area (Å²) < 4.78 is 18.6. The van der Waals surface area contributed by atoms with Crippen LogP contribution in [-0.2, 0) is 4.74 Å². The summed E-state index contributed by atoms with van der Waals surface area (Å²) in [5, 5.41) is 5.79. The van der Waals surface area contributed by atoms with Crippen LogP contribution in [0, 0.1) is 5.82 Å². The maximum atomic E-state index is 13.1. The highest BCUT2D eigenvalue weighted by molar-refractivity contribution is 6.05. The van der Waals surface area contributed by atoms with Gasteiger partial charge in [0.1, 0.15) is 5.82 Å². The Morgan fingerprint density at radius 2 is 1.61 bits per heavy atom. The largest absolute Gasteiger partial charge is 0.379 e. The van der Waals surface area contributed by atoms with Crippen molar-refractivity contribution in [3.63, 3.8) is 0 Å². The van der Waals surface area contributed by atoms with Crippen molar-refractivity contribution >= 4 is 17.5 Å². The average Bonchev–Trinajstić information content (AvgIpc) is 2.86. The van der Waals surface area contributed by atoms with Gasteiger partial charge in [-0.1, -0.05) is 36.4 Å². The van der Waals surface area contributed by atoms with Crippen molar-refractivity contribution in [3.05, 3.63) is 101 Å². The summed E-state index contributed by atoms with van der Waals surface area (Å²) in [5.41, 5.74) is 2.41. The lowest BCUT2D eigenvalue weighted by Gasteiger charge is -2.35. The molecule has 1 unspecified atom stereocenters. The van der Waals surface area contributed by atoms with Crippen molar-refractivity contribution in [1.82, 2.24) is 10.2 Å². The number of anilines is 1. The van der Waals surface area contributed by atoms with E-state index in [1.807, 2.05) is 18.2 Å². The third-order valence-electron chi connectivity index (χ3n) is 5.62. The molecule has 3 aromatic rings. The van der Waals surface area contributed by atoms with Gasteiger partial charge in [0.2, 0.25) is 0 Å². The summed E-state index contributed by atoms with van der Waals surface area (Å²) in [6.45, 7) is 3.41. The first kappa shape index (κ1) is 22.6. The van der Waals surface area contributed by atoms with Gasteiger partial charge in [-0.3, -0.25) is 14.5 Å². The fourth-order valence-corrected chi connectivity index (χ4v) is 3.86. The molecule has 4 rings (SSSR count). The molecule has 1 aliphatic heterocycles. The number of hydrogen-bond donors (Lipinski definition) is 2. The minimum absolute atomic E-state index is 0.0420. The third kappa shape index (κ3) is 6.03. The molecule has 3 aromatic carbocycles. The average molecular weight is 448 g/mol. The van der Waals surface area contributed by atoms with Crippen LogP contribution >= 0.6 is 0 Å². The fraction of sp³-hybridized carbons (Fsp3) is 0.231. The Labute approximate surface area is 192 Å². The van der Waals surface area contributed by atoms with E-state index in [2.05, 4.69) is 27.7 Å². The van der Waals surface area contributed by atoms with Crippen LogP contribution in [0.4, 0.5) is 10.1 Å². The Kier molecular flexibility index (Phi) is 7.44. The van der Waals surface area contributed by atoms with Gasteiger partial charge in [-0.2, -0.15) is 0 Å². The van der Waals surface area contributed by atoms with Gasteiger partial charge in [-0.25, -0.2) is 4.39 Å². The van der Waals surface area contributed by atoms with Crippen molar-refractivity contribution in [2.24, 2.45) is 0 Å². The molecule has 0 aromatic heterocycles. The second kappa shape index (κ2) is 10.8. The number of carbonyl (C=O) groups is 2. The highest BCUT2D eigenvalue weighted by Crippen LogP contribution is 2.21. The van der Waals surface area contributed by atoms with E-state index < -0.39 is 5.82 Å². The second-order valence-corrected chi connectivity index (χ2v) is 7.83. The Hall–Kier alpha value is -3.55. The first-order valence-corrected chi connectivity index (χ1v) is 10.9. The van der Waals surface area contributed by atoms with Crippen LogP contribution < -0.4 is 10.6 Å². The maximum Gasteiger partial charge on any atom is 0.255 e. The Bertz CT molecular complexity index is 1080. The molecule has 0 bridgehead atoms. The predicted octanol–water partition coefficient (Wildman–Crippen LogP) is 3.88. The smallest absolute Gasteiger partial charge is 0.255 e. The van der Waals surface area contributed by atoms with Crippen molar-refractivity contribution in [3.8, 4) is 0 Å². The SMILES string of the molecule is O=C(NCC(c1ccccc1)N1CCOCC1)c1cccc(NC(=O)c2ccc(F)cc2)c1. The van der Waals surface area contributed by atoms with Gasteiger partial charge in [0.25, 0.3) is 11.8 Å². The molecule has 33 heavy (non-hydrogen) atoms. The summed E-state index contributed by atoms with van der Waals surface area (Å²) in [6, 6.07) is 22.2. The summed E-state index contributed by atoms with van der Waals surface area (Å²) >= 11 is 0. The van der Waals surface area contributed by atoms with Crippen LogP contribution in [0.3, 0.4) is 0 Å². The van der Waals surface area contributed by atoms with Gasteiger partial charge >= 0.3 is 0 Å². The number of rotatable bonds is 7. The monoisotopic (exact) mass is 447 g/mol. The van der Waals surface area contributed by atoms with E-state index in [-0.39, 0.29) is 17.9 Å². The molecule has 0 spiro atoms. The molecule has 1 fully saturated rings. The van der Waals surface area contributed by atoms with Crippen molar-refractivity contribution < 1.29 is 18.7 Å². The highest BCUT2D eigenvalue weighted by Gasteiger charge is 2.23. The zero-order valence-corrected chi connectivity index (χ0v) is 18.2. The van der Waals surface area contributed by atoms with E-state index in [9.17, 15) is 14.0 Å². The fourth-order valence-electron chi connectivity index (χ4n) is 3.86. The van der Waals surface area contributed by atoms with Crippen LogP contribution in [0.1, 0.15) is 32.3 Å². The van der Waals surface area contributed by atoms with Crippen molar-refractivity contribution in [2.45, 2.75) is 6.04 Å². The second-order valence-electron chi connectivity index (χ2n) is 7.83. The van der Waals surface area contributed by atoms with E-state index in [4.69, 9.17) is 4.74 Å². The lowest BCUT2D eigenvalue weighted by atomic mass is 10.0. The molecule has 170 valence electrons. The Balaban J connectivity index is 1.42. The van der Waals surface area contributed by atoms with Crippen molar-refractivity contribution in [2.75, 3.05) is 38.2 Å². The van der Waals surface area contributed by atoms with E-state index in [1.165, 1.54) is 24.3 Å². The number of nitrogens with zero attached hydrogens (tertiary/aromatic N) is 1. The number of halogens is 1. The molecule has 0 saturated carbocycles. The molecule has 1 aliphatic rings. The number of hydrogen-bond acceptors (Lipinski definition) is 4. The van der Waals surface area contributed by atoms with Gasteiger partial charge in [0, 0.05) is 36.4 Å². The van der Waals surface area contributed by atoms with E-state index >= 15 is 0 Å². The zero-order chi connectivity index (χ0) is 23.0. The molecule has 2 N–H and O–H groups in total. The van der Waals surface area contributed by atoms with Gasteiger partial charge in [-0.05, 0) is 48.0 Å². The standard InChI is InChI=1S/C26H26FN3O3/c27-22-11-9-20(10-12-22)26(32)29-23-8-4-7-21(17-23)25(31)28-18-24(19-5-2-1-3-6-19)30-13-15-33-16-14-30/h1-12,17,24H,13-16,18H2,(H,28,31)(H,29,32). The Morgan fingerprint density at radius 1 is 0.879 bits per heavy atom. The molecule has 1 atom stereocenters. The van der Waals surface area contributed by atoms with Crippen LogP contribution in [-0.4, -0.2) is 49.6 Å². The molecular weight excluding hydrogens is 421 g/mol. The van der Waals surface area contributed by atoms with E-state index in [1.54, 1.807) is 24.3 Å². The zero-order valence-electron chi connectivity index (χ0n) is 18.2. The number of benzene rings is 3. The number of morpholine rings is 1. The summed E-state index contributed by atoms with van der Waals surface area (Å²) in [4.78, 5) is 27.6. The predicted molar refractivity (Wildman–Crippen MR) is 125 cm³/mol. The number of amides is 2. The quantitative estimate of drug-likeness (QED) is 0.577. The summed E-state index contributed by atoms with van der Waals surface area (Å²) in [7, 11) is 0. The molecule has 0 aliphatic carbocycles. The van der Waals surface area contributed by atoms with E-state index in [0.29, 0.717) is 36.6 Å². The summed E-state index contributed by atoms with van der Waals surface area (Å²) in [6.07, 6.45) is 0. The first-order chi connectivity index (χ1) is 16.1. The minimum Gasteiger partial charge on any atom is -0.379 e. The molecule has 7 heteroatoms. The normalized spacial score (nSPS) is 14.9. The molecule has 1 heterocycles. The number of carbonyl (C=O) groups excluding carboxylic acids is 2. The highest BCUT2D eigenvalue weighted by atomic mass is 19.1. The van der Waals surface area contributed by atoms with Crippen LogP contribution in [0.25, 0.3) is 0 Å². The molecular formula is C26H26FN3O3. The van der Waals surface area contributed by atoms with E-state index in [0.717, 1.165) is 18.7 Å². The minimum atomic E-state index is -0.406. The molecule has 1 saturated heterocycles. The number of nitrogens with one attached hydrogen (secondary N) is 2. The molecule has 0 radical (unpaired) electrons. The van der Waals surface area contributed by atoms with Crippen LogP contribution in [0.2, 0.25) is 0 Å².